The van der Waals surface area contributed by atoms with Gasteiger partial charge in [-0.2, -0.15) is 0 Å². The predicted octanol–water partition coefficient (Wildman–Crippen LogP) is -0.391. The fourth-order valence-electron chi connectivity index (χ4n) is 2.17. The van der Waals surface area contributed by atoms with Crippen LogP contribution in [0.5, 0.6) is 51.7 Å². The summed E-state index contributed by atoms with van der Waals surface area (Å²) < 4.78 is 0. The standard InChI is InChI=1S/3C7H6O5.Ce/c3*8-4-1-3(7(11)12)2-5(9)6(4)10;/h3*1-2,8-10H,(H,11,12);/q;;;+3/p-3. The average Bonchev–Trinajstić information content (AvgIpc) is 2.79. The molecule has 3 rings (SSSR count). The number of carbonyl (C=O) groups is 3. The predicted molar refractivity (Wildman–Crippen MR) is 109 cm³/mol. The summed E-state index contributed by atoms with van der Waals surface area (Å²) in [5.41, 5.74) is -0.987. The molecule has 0 fully saturated rings. The van der Waals surface area contributed by atoms with Crippen molar-refractivity contribution in [2.24, 2.45) is 0 Å². The number of carboxylic acids is 3. The Hall–Kier alpha value is -4.35. The summed E-state index contributed by atoms with van der Waals surface area (Å²) in [7, 11) is 0. The third-order valence-corrected chi connectivity index (χ3v) is 3.89. The Morgan fingerprint density at radius 1 is 0.432 bits per heavy atom. The first-order valence-electron chi connectivity index (χ1n) is 8.95. The van der Waals surface area contributed by atoms with Crippen molar-refractivity contribution in [2.45, 2.75) is 0 Å². The van der Waals surface area contributed by atoms with Gasteiger partial charge in [-0.25, -0.2) is 14.4 Å². The average molecular weight is 647 g/mol. The van der Waals surface area contributed by atoms with E-state index in [4.69, 9.17) is 46.0 Å². The first-order valence-corrected chi connectivity index (χ1v) is 8.95. The van der Waals surface area contributed by atoms with Crippen LogP contribution in [0.15, 0.2) is 36.4 Å². The van der Waals surface area contributed by atoms with E-state index < -0.39 is 69.7 Å². The van der Waals surface area contributed by atoms with E-state index in [1.54, 1.807) is 0 Å². The number of phenols is 6. The minimum atomic E-state index is -1.32. The molecule has 0 saturated carbocycles. The van der Waals surface area contributed by atoms with Crippen molar-refractivity contribution in [1.29, 1.82) is 0 Å². The van der Waals surface area contributed by atoms with Crippen LogP contribution >= 0.6 is 0 Å². The fraction of sp³-hybridized carbons (Fsp3) is 0. The van der Waals surface area contributed by atoms with E-state index in [1.165, 1.54) is 0 Å². The molecular formula is C21H15CeO15. The van der Waals surface area contributed by atoms with Crippen molar-refractivity contribution in [1.82, 2.24) is 0 Å². The van der Waals surface area contributed by atoms with Gasteiger partial charge in [0.25, 0.3) is 0 Å². The largest absolute Gasteiger partial charge is 3.00 e. The quantitative estimate of drug-likeness (QED) is 0.175. The van der Waals surface area contributed by atoms with Crippen LogP contribution in [-0.2, 0) is 0 Å². The number of hydrogen-bond acceptors (Lipinski definition) is 12. The fourth-order valence-corrected chi connectivity index (χ4v) is 2.17. The zero-order valence-corrected chi connectivity index (χ0v) is 21.1. The minimum absolute atomic E-state index is 0. The number of benzene rings is 3. The van der Waals surface area contributed by atoms with Gasteiger partial charge in [0, 0.05) is 0 Å². The zero-order chi connectivity index (χ0) is 27.9. The maximum atomic E-state index is 10.7. The first-order chi connectivity index (χ1) is 16.6. The van der Waals surface area contributed by atoms with Crippen molar-refractivity contribution >= 4 is 17.9 Å². The van der Waals surface area contributed by atoms with Gasteiger partial charge in [0.05, 0.1) is 16.7 Å². The molecule has 0 aromatic heterocycles. The molecule has 0 aliphatic carbocycles. The van der Waals surface area contributed by atoms with Crippen LogP contribution in [0, 0.1) is 41.7 Å². The second kappa shape index (κ2) is 13.7. The molecule has 37 heavy (non-hydrogen) atoms. The number of aromatic hydroxyl groups is 6. The van der Waals surface area contributed by atoms with Crippen LogP contribution in [0.25, 0.3) is 0 Å². The number of hydrogen-bond donors (Lipinski definition) is 9. The van der Waals surface area contributed by atoms with E-state index in [1.807, 2.05) is 0 Å². The van der Waals surface area contributed by atoms with Gasteiger partial charge in [0.15, 0.2) is 0 Å². The number of rotatable bonds is 3. The molecule has 0 aliphatic rings. The Morgan fingerprint density at radius 3 is 0.676 bits per heavy atom. The van der Waals surface area contributed by atoms with Crippen LogP contribution in [0.2, 0.25) is 0 Å². The summed E-state index contributed by atoms with van der Waals surface area (Å²) in [6.45, 7) is 0. The Labute approximate surface area is 239 Å². The van der Waals surface area contributed by atoms with E-state index in [9.17, 15) is 29.7 Å². The molecule has 0 aliphatic heterocycles. The summed E-state index contributed by atoms with van der Waals surface area (Å²) in [6.07, 6.45) is 0. The number of aromatic carboxylic acids is 3. The Bertz CT molecular complexity index is 1090. The monoisotopic (exact) mass is 647 g/mol. The Morgan fingerprint density at radius 2 is 0.568 bits per heavy atom. The van der Waals surface area contributed by atoms with Crippen LogP contribution < -0.4 is 15.3 Å². The van der Waals surface area contributed by atoms with Crippen molar-refractivity contribution in [3.8, 4) is 51.7 Å². The van der Waals surface area contributed by atoms with Crippen LogP contribution in [0.4, 0.5) is 0 Å². The smallest absolute Gasteiger partial charge is 0.867 e. The van der Waals surface area contributed by atoms with Crippen molar-refractivity contribution < 1.29 is 117 Å². The summed E-state index contributed by atoms with van der Waals surface area (Å²) in [6, 6.07) is 4.69. The summed E-state index contributed by atoms with van der Waals surface area (Å²) in [4.78, 5) is 30.9. The molecular weight excluding hydrogens is 632 g/mol. The number of carboxylic acid groups (broad SMARTS) is 3. The second-order valence-corrected chi connectivity index (χ2v) is 6.45. The van der Waals surface area contributed by atoms with Crippen LogP contribution in [-0.4, -0.2) is 63.9 Å². The van der Waals surface area contributed by atoms with Gasteiger partial charge < -0.3 is 61.3 Å². The van der Waals surface area contributed by atoms with E-state index >= 15 is 0 Å². The third-order valence-electron chi connectivity index (χ3n) is 3.89. The summed E-state index contributed by atoms with van der Waals surface area (Å²) in [5, 5.41) is 110. The number of phenolic OH excluding ortho intramolecular Hbond substituents is 6. The molecule has 3 aromatic carbocycles. The van der Waals surface area contributed by atoms with Gasteiger partial charge in [-0.3, -0.25) is 0 Å². The van der Waals surface area contributed by atoms with Gasteiger partial charge in [0.2, 0.25) is 0 Å². The maximum absolute atomic E-state index is 10.7. The summed E-state index contributed by atoms with van der Waals surface area (Å²) >= 11 is 0. The molecule has 1 radical (unpaired) electrons. The van der Waals surface area contributed by atoms with Crippen LogP contribution in [0.1, 0.15) is 31.1 Å². The summed E-state index contributed by atoms with van der Waals surface area (Å²) in [5.74, 6) is -11.5. The van der Waals surface area contributed by atoms with Crippen molar-refractivity contribution in [2.75, 3.05) is 0 Å². The Balaban J connectivity index is 0.000000518. The van der Waals surface area contributed by atoms with Gasteiger partial charge >= 0.3 is 59.7 Å². The maximum Gasteiger partial charge on any atom is 3.00 e. The topological polar surface area (TPSA) is 302 Å². The first kappa shape index (κ1) is 32.6. The van der Waals surface area contributed by atoms with Gasteiger partial charge in [0.1, 0.15) is 34.5 Å². The van der Waals surface area contributed by atoms with Gasteiger partial charge in [-0.15, -0.1) is 0 Å². The molecule has 16 heteroatoms. The van der Waals surface area contributed by atoms with E-state index in [2.05, 4.69) is 0 Å². The van der Waals surface area contributed by atoms with E-state index in [0.717, 1.165) is 36.4 Å². The van der Waals surface area contributed by atoms with Gasteiger partial charge in [-0.05, 0) is 53.6 Å². The SMILES string of the molecule is O=C(O)c1cc(O)c([O-])c(O)c1.O=C(O)c1cc(O)c([O-])c(O)c1.O=C(O)c1cc(O)c([O-])c(O)c1.[Ce+3]. The zero-order valence-electron chi connectivity index (χ0n) is 17.9. The second-order valence-electron chi connectivity index (χ2n) is 6.45. The molecule has 0 amide bonds. The van der Waals surface area contributed by atoms with Crippen molar-refractivity contribution in [3.05, 3.63) is 53.1 Å². The minimum Gasteiger partial charge on any atom is -0.867 e. The molecule has 0 atom stereocenters. The molecule has 0 saturated heterocycles. The molecule has 0 unspecified atom stereocenters. The Kier molecular flexibility index (Phi) is 12.1. The molecule has 3 aromatic rings. The molecule has 193 valence electrons. The molecule has 0 heterocycles. The van der Waals surface area contributed by atoms with Gasteiger partial charge in [-0.1, -0.05) is 0 Å². The van der Waals surface area contributed by atoms with E-state index in [-0.39, 0.29) is 58.4 Å². The third kappa shape index (κ3) is 8.98. The normalized spacial score (nSPS) is 9.41. The molecule has 0 bridgehead atoms. The molecule has 9 N–H and O–H groups in total. The van der Waals surface area contributed by atoms with Crippen molar-refractivity contribution in [3.63, 3.8) is 0 Å². The van der Waals surface area contributed by atoms with E-state index in [0.29, 0.717) is 0 Å². The molecule has 15 nitrogen and oxygen atoms in total. The molecule has 0 spiro atoms. The van der Waals surface area contributed by atoms with Crippen LogP contribution in [0.3, 0.4) is 0 Å².